The summed E-state index contributed by atoms with van der Waals surface area (Å²) >= 11 is 1.66. The second-order valence-corrected chi connectivity index (χ2v) is 1.50. The molecule has 0 fully saturated rings. The first-order valence-corrected chi connectivity index (χ1v) is 2.32. The van der Waals surface area contributed by atoms with Gasteiger partial charge in [0.2, 0.25) is 0 Å². The molecule has 31 valence electrons. The van der Waals surface area contributed by atoms with Crippen LogP contribution in [0, 0.1) is 6.07 Å². The molecule has 1 aromatic heterocycles. The Kier molecular flexibility index (Phi) is 3.64. The third-order valence-electron chi connectivity index (χ3n) is 0.379. The van der Waals surface area contributed by atoms with Gasteiger partial charge in [0.25, 0.3) is 0 Å². The van der Waals surface area contributed by atoms with Crippen molar-refractivity contribution in [2.45, 2.75) is 0 Å². The van der Waals surface area contributed by atoms with Crippen LogP contribution in [0.25, 0.3) is 0 Å². The fraction of sp³-hybridized carbons (Fsp3) is 0. The van der Waals surface area contributed by atoms with E-state index in [4.69, 9.17) is 0 Å². The van der Waals surface area contributed by atoms with E-state index < -0.39 is 0 Å². The van der Waals surface area contributed by atoms with E-state index in [0.29, 0.717) is 0 Å². The van der Waals surface area contributed by atoms with Gasteiger partial charge in [-0.15, -0.1) is 5.38 Å². The fourth-order valence-corrected chi connectivity index (χ4v) is 0.589. The molecule has 2 heteroatoms. The van der Waals surface area contributed by atoms with E-state index in [9.17, 15) is 0 Å². The molecule has 0 aliphatic carbocycles. The summed E-state index contributed by atoms with van der Waals surface area (Å²) in [7, 11) is 0. The first-order chi connectivity index (χ1) is 2.50. The maximum atomic E-state index is 2.88. The SMILES string of the molecule is [V].[c-]1ccsc1. The normalized spacial score (nSPS) is 6.67. The summed E-state index contributed by atoms with van der Waals surface area (Å²) < 4.78 is 0. The Hall–Kier alpha value is 0.284. The Bertz CT molecular complexity index is 64.0. The van der Waals surface area contributed by atoms with Crippen LogP contribution in [0.4, 0.5) is 0 Å². The molecule has 6 heavy (non-hydrogen) atoms. The topological polar surface area (TPSA) is 0 Å². The molecule has 1 radical (unpaired) electrons. The van der Waals surface area contributed by atoms with E-state index in [1.165, 1.54) is 0 Å². The van der Waals surface area contributed by atoms with Crippen molar-refractivity contribution in [3.63, 3.8) is 0 Å². The van der Waals surface area contributed by atoms with Crippen LogP contribution < -0.4 is 0 Å². The van der Waals surface area contributed by atoms with Crippen molar-refractivity contribution in [2.24, 2.45) is 0 Å². The molecule has 0 atom stereocenters. The summed E-state index contributed by atoms with van der Waals surface area (Å²) in [4.78, 5) is 0. The van der Waals surface area contributed by atoms with Gasteiger partial charge >= 0.3 is 0 Å². The van der Waals surface area contributed by atoms with E-state index in [-0.39, 0.29) is 18.6 Å². The van der Waals surface area contributed by atoms with Gasteiger partial charge in [-0.2, -0.15) is 5.38 Å². The summed E-state index contributed by atoms with van der Waals surface area (Å²) in [6.45, 7) is 0. The molecule has 0 spiro atoms. The Balaban J connectivity index is 0.000000250. The van der Waals surface area contributed by atoms with Gasteiger partial charge < -0.3 is 0 Å². The van der Waals surface area contributed by atoms with Gasteiger partial charge in [0, 0.05) is 18.6 Å². The molecule has 0 amide bonds. The molecule has 0 nitrogen and oxygen atoms in total. The Labute approximate surface area is 53.1 Å². The van der Waals surface area contributed by atoms with E-state index in [2.05, 4.69) is 6.07 Å². The van der Waals surface area contributed by atoms with Crippen molar-refractivity contribution in [2.75, 3.05) is 0 Å². The van der Waals surface area contributed by atoms with Crippen LogP contribution >= 0.6 is 11.3 Å². The number of hydrogen-bond donors (Lipinski definition) is 0. The Morgan fingerprint density at radius 3 is 2.50 bits per heavy atom. The van der Waals surface area contributed by atoms with Gasteiger partial charge in [0.1, 0.15) is 0 Å². The van der Waals surface area contributed by atoms with Crippen LogP contribution in [0.2, 0.25) is 0 Å². The van der Waals surface area contributed by atoms with Gasteiger partial charge in [0.05, 0.1) is 0 Å². The Morgan fingerprint density at radius 1 is 1.50 bits per heavy atom. The van der Waals surface area contributed by atoms with Crippen molar-refractivity contribution < 1.29 is 18.6 Å². The zero-order valence-electron chi connectivity index (χ0n) is 3.09. The number of rotatable bonds is 0. The standard InChI is InChI=1S/C4H3S.V/c1-2-4-5-3-1;/h1,3-4H;/q-1;. The van der Waals surface area contributed by atoms with E-state index >= 15 is 0 Å². The summed E-state index contributed by atoms with van der Waals surface area (Å²) in [5.41, 5.74) is 0. The summed E-state index contributed by atoms with van der Waals surface area (Å²) in [5, 5.41) is 3.90. The minimum absolute atomic E-state index is 0. The monoisotopic (exact) mass is 134 g/mol. The first kappa shape index (κ1) is 6.28. The number of thiophene rings is 1. The molecule has 0 aliphatic heterocycles. The number of hydrogen-bond acceptors (Lipinski definition) is 1. The molecule has 1 rings (SSSR count). The van der Waals surface area contributed by atoms with Gasteiger partial charge in [0.15, 0.2) is 0 Å². The van der Waals surface area contributed by atoms with Crippen LogP contribution in [-0.4, -0.2) is 0 Å². The van der Waals surface area contributed by atoms with Crippen molar-refractivity contribution in [1.82, 2.24) is 0 Å². The molecule has 1 heterocycles. The van der Waals surface area contributed by atoms with Crippen molar-refractivity contribution in [3.05, 3.63) is 22.9 Å². The van der Waals surface area contributed by atoms with E-state index in [1.54, 1.807) is 11.3 Å². The fourth-order valence-electron chi connectivity index (χ4n) is 0.196. The molecule has 0 aromatic carbocycles. The minimum Gasteiger partial charge on any atom is -0.273 e. The maximum absolute atomic E-state index is 2.88. The van der Waals surface area contributed by atoms with Gasteiger partial charge in [-0.1, -0.05) is 0 Å². The van der Waals surface area contributed by atoms with Crippen LogP contribution in [0.5, 0.6) is 0 Å². The third-order valence-corrected chi connectivity index (χ3v) is 0.944. The van der Waals surface area contributed by atoms with E-state index in [1.807, 2.05) is 16.8 Å². The predicted molar refractivity (Wildman–Crippen MR) is 23.2 cm³/mol. The van der Waals surface area contributed by atoms with Crippen molar-refractivity contribution in [1.29, 1.82) is 0 Å². The average Bonchev–Trinajstić information content (AvgIpc) is 1.76. The largest absolute Gasteiger partial charge is 0.273 e. The average molecular weight is 134 g/mol. The van der Waals surface area contributed by atoms with Crippen LogP contribution in [-0.2, 0) is 18.6 Å². The molecule has 0 aliphatic rings. The molecular formula is C4H3SV-. The van der Waals surface area contributed by atoms with Crippen LogP contribution in [0.15, 0.2) is 16.8 Å². The maximum Gasteiger partial charge on any atom is 0 e. The van der Waals surface area contributed by atoms with Gasteiger partial charge in [-0.05, 0) is 0 Å². The summed E-state index contributed by atoms with van der Waals surface area (Å²) in [6, 6.07) is 4.77. The molecule has 0 bridgehead atoms. The molecule has 0 saturated carbocycles. The second-order valence-electron chi connectivity index (χ2n) is 0.723. The van der Waals surface area contributed by atoms with Gasteiger partial charge in [-0.25, -0.2) is 12.1 Å². The van der Waals surface area contributed by atoms with E-state index in [0.717, 1.165) is 0 Å². The summed E-state index contributed by atoms with van der Waals surface area (Å²) in [6.07, 6.45) is 0. The Morgan fingerprint density at radius 2 is 2.33 bits per heavy atom. The van der Waals surface area contributed by atoms with Crippen LogP contribution in [0.3, 0.4) is 0 Å². The second kappa shape index (κ2) is 3.47. The summed E-state index contributed by atoms with van der Waals surface area (Å²) in [5.74, 6) is 0. The van der Waals surface area contributed by atoms with Crippen molar-refractivity contribution >= 4 is 11.3 Å². The molecule has 0 saturated heterocycles. The quantitative estimate of drug-likeness (QED) is 0.472. The van der Waals surface area contributed by atoms with Crippen molar-refractivity contribution in [3.8, 4) is 0 Å². The smallest absolute Gasteiger partial charge is 0 e. The predicted octanol–water partition coefficient (Wildman–Crippen LogP) is 1.55. The molecule has 0 N–H and O–H groups in total. The molecular weight excluding hydrogens is 131 g/mol. The minimum atomic E-state index is 0. The molecule has 0 unspecified atom stereocenters. The van der Waals surface area contributed by atoms with Crippen LogP contribution in [0.1, 0.15) is 0 Å². The zero-order valence-corrected chi connectivity index (χ0v) is 5.30. The molecule has 1 aromatic rings. The first-order valence-electron chi connectivity index (χ1n) is 1.38. The van der Waals surface area contributed by atoms with Gasteiger partial charge in [-0.3, -0.25) is 11.3 Å². The zero-order chi connectivity index (χ0) is 3.54. The third kappa shape index (κ3) is 1.66.